The van der Waals surface area contributed by atoms with Gasteiger partial charge < -0.3 is 14.3 Å². The number of para-hydroxylation sites is 1. The molecule has 0 bridgehead atoms. The molecule has 1 fully saturated rings. The summed E-state index contributed by atoms with van der Waals surface area (Å²) < 4.78 is 7.09. The predicted molar refractivity (Wildman–Crippen MR) is 130 cm³/mol. The molecule has 170 valence electrons. The number of rotatable bonds is 7. The van der Waals surface area contributed by atoms with Gasteiger partial charge in [-0.2, -0.15) is 0 Å². The molecule has 1 saturated heterocycles. The second-order valence-electron chi connectivity index (χ2n) is 7.84. The van der Waals surface area contributed by atoms with Crippen LogP contribution in [0.1, 0.15) is 16.9 Å². The van der Waals surface area contributed by atoms with Crippen molar-refractivity contribution in [2.75, 3.05) is 0 Å². The summed E-state index contributed by atoms with van der Waals surface area (Å²) in [6, 6.07) is 20.7. The number of aromatic nitrogens is 1. The number of imide groups is 1. The van der Waals surface area contributed by atoms with E-state index in [1.807, 2.05) is 65.4 Å². The summed E-state index contributed by atoms with van der Waals surface area (Å²) in [5.74, 6) is 0.205. The van der Waals surface area contributed by atoms with Gasteiger partial charge >= 0.3 is 0 Å². The Kier molecular flexibility index (Phi) is 6.05. The van der Waals surface area contributed by atoms with E-state index in [4.69, 9.17) is 4.42 Å². The highest BCUT2D eigenvalue weighted by Gasteiger charge is 2.35. The Morgan fingerprint density at radius 1 is 1.00 bits per heavy atom. The van der Waals surface area contributed by atoms with Gasteiger partial charge in [-0.15, -0.1) is 0 Å². The SMILES string of the molecule is O=C(Cn1cc(/C=C2\SC(=O)N(Cc3ccccc3)C2=O)c2ccccc21)NCc1ccco1. The molecule has 1 aliphatic heterocycles. The molecule has 2 aromatic heterocycles. The van der Waals surface area contributed by atoms with E-state index in [-0.39, 0.29) is 30.1 Å². The Labute approximate surface area is 200 Å². The molecule has 0 spiro atoms. The van der Waals surface area contributed by atoms with E-state index in [1.54, 1.807) is 24.5 Å². The Morgan fingerprint density at radius 2 is 1.79 bits per heavy atom. The monoisotopic (exact) mass is 471 g/mol. The van der Waals surface area contributed by atoms with Gasteiger partial charge in [0.2, 0.25) is 5.91 Å². The van der Waals surface area contributed by atoms with E-state index in [2.05, 4.69) is 5.32 Å². The maximum Gasteiger partial charge on any atom is 0.293 e. The number of hydrogen-bond acceptors (Lipinski definition) is 5. The van der Waals surface area contributed by atoms with Crippen molar-refractivity contribution in [2.45, 2.75) is 19.6 Å². The molecule has 3 heterocycles. The van der Waals surface area contributed by atoms with Gasteiger partial charge in [-0.05, 0) is 41.6 Å². The van der Waals surface area contributed by atoms with Crippen molar-refractivity contribution in [1.29, 1.82) is 0 Å². The van der Waals surface area contributed by atoms with E-state index in [1.165, 1.54) is 4.90 Å². The van der Waals surface area contributed by atoms with E-state index in [9.17, 15) is 14.4 Å². The summed E-state index contributed by atoms with van der Waals surface area (Å²) in [5, 5.41) is 3.45. The number of carbonyl (C=O) groups excluding carboxylic acids is 3. The Bertz CT molecular complexity index is 1390. The Morgan fingerprint density at radius 3 is 2.59 bits per heavy atom. The normalized spacial score (nSPS) is 14.9. The molecule has 0 aliphatic carbocycles. The lowest BCUT2D eigenvalue weighted by atomic mass is 10.1. The number of amides is 3. The van der Waals surface area contributed by atoms with Crippen LogP contribution in [0.15, 0.2) is 88.5 Å². The first kappa shape index (κ1) is 21.8. The fourth-order valence-electron chi connectivity index (χ4n) is 3.87. The van der Waals surface area contributed by atoms with Crippen LogP contribution in [0, 0.1) is 0 Å². The molecule has 34 heavy (non-hydrogen) atoms. The molecule has 0 unspecified atom stereocenters. The fourth-order valence-corrected chi connectivity index (χ4v) is 4.70. The number of nitrogens with one attached hydrogen (secondary N) is 1. The van der Waals surface area contributed by atoms with Gasteiger partial charge in [-0.25, -0.2) is 0 Å². The first-order chi connectivity index (χ1) is 16.6. The summed E-state index contributed by atoms with van der Waals surface area (Å²) in [4.78, 5) is 39.7. The van der Waals surface area contributed by atoms with Crippen molar-refractivity contribution in [1.82, 2.24) is 14.8 Å². The number of benzene rings is 2. The lowest BCUT2D eigenvalue weighted by Crippen LogP contribution is -2.27. The number of fused-ring (bicyclic) bond motifs is 1. The Hall–Kier alpha value is -4.04. The highest BCUT2D eigenvalue weighted by Crippen LogP contribution is 2.35. The lowest BCUT2D eigenvalue weighted by Gasteiger charge is -2.12. The molecular formula is C26H21N3O4S. The van der Waals surface area contributed by atoms with Crippen molar-refractivity contribution in [3.63, 3.8) is 0 Å². The molecule has 0 saturated carbocycles. The average Bonchev–Trinajstić information content (AvgIpc) is 3.55. The first-order valence-corrected chi connectivity index (χ1v) is 11.6. The van der Waals surface area contributed by atoms with E-state index in [0.717, 1.165) is 33.8 Å². The highest BCUT2D eigenvalue weighted by molar-refractivity contribution is 8.18. The van der Waals surface area contributed by atoms with Crippen molar-refractivity contribution in [3.8, 4) is 0 Å². The molecular weight excluding hydrogens is 450 g/mol. The van der Waals surface area contributed by atoms with Crippen LogP contribution in [0.25, 0.3) is 17.0 Å². The first-order valence-electron chi connectivity index (χ1n) is 10.7. The molecule has 0 radical (unpaired) electrons. The van der Waals surface area contributed by atoms with Crippen LogP contribution in [0.4, 0.5) is 4.79 Å². The second kappa shape index (κ2) is 9.44. The topological polar surface area (TPSA) is 84.5 Å². The summed E-state index contributed by atoms with van der Waals surface area (Å²) in [6.07, 6.45) is 5.13. The summed E-state index contributed by atoms with van der Waals surface area (Å²) >= 11 is 0.934. The lowest BCUT2D eigenvalue weighted by molar-refractivity contribution is -0.123. The second-order valence-corrected chi connectivity index (χ2v) is 8.83. The summed E-state index contributed by atoms with van der Waals surface area (Å²) in [5.41, 5.74) is 2.54. The quantitative estimate of drug-likeness (QED) is 0.392. The van der Waals surface area contributed by atoms with Crippen LogP contribution < -0.4 is 5.32 Å². The third kappa shape index (κ3) is 4.53. The molecule has 2 aromatic carbocycles. The van der Waals surface area contributed by atoms with E-state index in [0.29, 0.717) is 17.2 Å². The minimum absolute atomic E-state index is 0.116. The molecule has 1 N–H and O–H groups in total. The largest absolute Gasteiger partial charge is 0.467 e. The van der Waals surface area contributed by atoms with Crippen LogP contribution in [0.2, 0.25) is 0 Å². The third-order valence-corrected chi connectivity index (χ3v) is 6.42. The van der Waals surface area contributed by atoms with Crippen LogP contribution in [-0.2, 0) is 29.2 Å². The number of furan rings is 1. The molecule has 1 aliphatic rings. The smallest absolute Gasteiger partial charge is 0.293 e. The molecule has 3 amide bonds. The van der Waals surface area contributed by atoms with E-state index < -0.39 is 0 Å². The molecule has 5 rings (SSSR count). The highest BCUT2D eigenvalue weighted by atomic mass is 32.2. The van der Waals surface area contributed by atoms with Crippen molar-refractivity contribution < 1.29 is 18.8 Å². The minimum Gasteiger partial charge on any atom is -0.467 e. The summed E-state index contributed by atoms with van der Waals surface area (Å²) in [6.45, 7) is 0.664. The molecule has 0 atom stereocenters. The van der Waals surface area contributed by atoms with Crippen molar-refractivity contribution >= 4 is 45.8 Å². The predicted octanol–water partition coefficient (Wildman–Crippen LogP) is 4.79. The minimum atomic E-state index is -0.313. The number of hydrogen-bond donors (Lipinski definition) is 1. The van der Waals surface area contributed by atoms with Gasteiger partial charge in [0.25, 0.3) is 11.1 Å². The zero-order valence-electron chi connectivity index (χ0n) is 18.1. The molecule has 7 nitrogen and oxygen atoms in total. The zero-order valence-corrected chi connectivity index (χ0v) is 19.0. The van der Waals surface area contributed by atoms with Gasteiger partial charge in [0.15, 0.2) is 0 Å². The van der Waals surface area contributed by atoms with Gasteiger partial charge in [-0.1, -0.05) is 48.5 Å². The molecule has 8 heteroatoms. The maximum absolute atomic E-state index is 13.0. The number of carbonyl (C=O) groups is 3. The standard InChI is InChI=1S/C26H21N3O4S/c30-24(27-14-20-9-6-12-33-20)17-28-16-19(21-10-4-5-11-22(21)28)13-23-25(31)29(26(32)34-23)15-18-7-2-1-3-8-18/h1-13,16H,14-15,17H2,(H,27,30)/b23-13-. The van der Waals surface area contributed by atoms with Crippen LogP contribution in [-0.4, -0.2) is 26.5 Å². The van der Waals surface area contributed by atoms with Gasteiger partial charge in [-0.3, -0.25) is 19.3 Å². The fraction of sp³-hybridized carbons (Fsp3) is 0.115. The average molecular weight is 472 g/mol. The molecule has 4 aromatic rings. The van der Waals surface area contributed by atoms with Crippen LogP contribution in [0.5, 0.6) is 0 Å². The van der Waals surface area contributed by atoms with Crippen LogP contribution in [0.3, 0.4) is 0 Å². The number of nitrogens with zero attached hydrogens (tertiary/aromatic N) is 2. The number of thioether (sulfide) groups is 1. The zero-order chi connectivity index (χ0) is 23.5. The van der Waals surface area contributed by atoms with Gasteiger partial charge in [0.05, 0.1) is 24.3 Å². The maximum atomic E-state index is 13.0. The summed E-state index contributed by atoms with van der Waals surface area (Å²) in [7, 11) is 0. The van der Waals surface area contributed by atoms with Crippen LogP contribution >= 0.6 is 11.8 Å². The van der Waals surface area contributed by atoms with E-state index >= 15 is 0 Å². The van der Waals surface area contributed by atoms with Gasteiger partial charge in [0, 0.05) is 22.7 Å². The van der Waals surface area contributed by atoms with Gasteiger partial charge in [0.1, 0.15) is 12.3 Å². The third-order valence-electron chi connectivity index (χ3n) is 5.52. The van der Waals surface area contributed by atoms with Crippen molar-refractivity contribution in [3.05, 3.63) is 101 Å². The Balaban J connectivity index is 1.37. The van der Waals surface area contributed by atoms with Crippen molar-refractivity contribution in [2.24, 2.45) is 0 Å².